The van der Waals surface area contributed by atoms with Crippen LogP contribution in [-0.4, -0.2) is 0 Å². The van der Waals surface area contributed by atoms with Crippen LogP contribution >= 0.6 is 0 Å². The first-order chi connectivity index (χ1) is 12.3. The summed E-state index contributed by atoms with van der Waals surface area (Å²) < 4.78 is 0. The van der Waals surface area contributed by atoms with Crippen LogP contribution in [0.3, 0.4) is 0 Å². The Morgan fingerprint density at radius 2 is 1.28 bits per heavy atom. The van der Waals surface area contributed by atoms with Crippen LogP contribution in [0.2, 0.25) is 0 Å². The van der Waals surface area contributed by atoms with E-state index in [1.807, 2.05) is 12.1 Å². The minimum Gasteiger partial charge on any atom is -0.318 e. The second kappa shape index (κ2) is 6.54. The van der Waals surface area contributed by atoms with Gasteiger partial charge in [-0.15, -0.1) is 0 Å². The summed E-state index contributed by atoms with van der Waals surface area (Å²) in [5.74, 6) is 0. The Labute approximate surface area is 149 Å². The van der Waals surface area contributed by atoms with Crippen LogP contribution in [0.15, 0.2) is 103 Å². The zero-order chi connectivity index (χ0) is 17.1. The molecule has 0 aliphatic heterocycles. The summed E-state index contributed by atoms with van der Waals surface area (Å²) in [6.45, 7) is 0. The summed E-state index contributed by atoms with van der Waals surface area (Å²) in [5, 5.41) is 0. The maximum absolute atomic E-state index is 6.83. The van der Waals surface area contributed by atoms with Gasteiger partial charge in [0, 0.05) is 0 Å². The molecule has 0 aromatic heterocycles. The van der Waals surface area contributed by atoms with Gasteiger partial charge in [-0.05, 0) is 34.2 Å². The van der Waals surface area contributed by atoms with Crippen LogP contribution in [-0.2, 0) is 5.54 Å². The molecule has 3 aromatic rings. The third-order valence-corrected chi connectivity index (χ3v) is 4.84. The standard InChI is InChI=1S/C24H21N/c25-24(17-15-20(16-18-24)19-9-3-1-4-10-19)23-14-8-7-13-22(23)21-11-5-2-6-12-21/h1-17H,18,25H2. The van der Waals surface area contributed by atoms with Crippen LogP contribution in [0, 0.1) is 0 Å². The van der Waals surface area contributed by atoms with Gasteiger partial charge in [0.1, 0.15) is 0 Å². The van der Waals surface area contributed by atoms with Crippen molar-refractivity contribution >= 4 is 5.57 Å². The van der Waals surface area contributed by atoms with Crippen molar-refractivity contribution in [2.24, 2.45) is 5.73 Å². The summed E-state index contributed by atoms with van der Waals surface area (Å²) in [5.41, 5.74) is 12.4. The van der Waals surface area contributed by atoms with Gasteiger partial charge in [-0.1, -0.05) is 103 Å². The van der Waals surface area contributed by atoms with E-state index in [0.29, 0.717) is 0 Å². The summed E-state index contributed by atoms with van der Waals surface area (Å²) >= 11 is 0. The highest BCUT2D eigenvalue weighted by Gasteiger charge is 2.28. The Balaban J connectivity index is 1.70. The van der Waals surface area contributed by atoms with Crippen molar-refractivity contribution < 1.29 is 0 Å². The zero-order valence-electron chi connectivity index (χ0n) is 14.1. The van der Waals surface area contributed by atoms with Crippen molar-refractivity contribution in [1.82, 2.24) is 0 Å². The molecule has 0 saturated carbocycles. The van der Waals surface area contributed by atoms with Crippen molar-refractivity contribution in [3.8, 4) is 11.1 Å². The van der Waals surface area contributed by atoms with Crippen LogP contribution in [0.5, 0.6) is 0 Å². The van der Waals surface area contributed by atoms with Gasteiger partial charge in [0.2, 0.25) is 0 Å². The fraction of sp³-hybridized carbons (Fsp3) is 0.0833. The highest BCUT2D eigenvalue weighted by molar-refractivity contribution is 5.77. The first-order valence-electron chi connectivity index (χ1n) is 8.65. The smallest absolute Gasteiger partial charge is 0.0639 e. The first-order valence-corrected chi connectivity index (χ1v) is 8.65. The van der Waals surface area contributed by atoms with E-state index in [0.717, 1.165) is 6.42 Å². The first kappa shape index (κ1) is 15.6. The Kier molecular flexibility index (Phi) is 4.09. The van der Waals surface area contributed by atoms with E-state index in [4.69, 9.17) is 5.73 Å². The van der Waals surface area contributed by atoms with Crippen LogP contribution in [0.1, 0.15) is 17.5 Å². The lowest BCUT2D eigenvalue weighted by Gasteiger charge is -2.31. The van der Waals surface area contributed by atoms with Crippen LogP contribution in [0.25, 0.3) is 16.7 Å². The number of hydrogen-bond acceptors (Lipinski definition) is 1. The van der Waals surface area contributed by atoms with Gasteiger partial charge in [0.25, 0.3) is 0 Å². The highest BCUT2D eigenvalue weighted by atomic mass is 14.7. The average molecular weight is 323 g/mol. The fourth-order valence-corrected chi connectivity index (χ4v) is 3.46. The van der Waals surface area contributed by atoms with E-state index in [2.05, 4.69) is 91.0 Å². The Hall–Kier alpha value is -2.90. The molecule has 0 saturated heterocycles. The summed E-state index contributed by atoms with van der Waals surface area (Å²) in [6.07, 6.45) is 7.34. The van der Waals surface area contributed by atoms with Gasteiger partial charge in [0.15, 0.2) is 0 Å². The van der Waals surface area contributed by atoms with Crippen molar-refractivity contribution in [2.45, 2.75) is 12.0 Å². The maximum Gasteiger partial charge on any atom is 0.0639 e. The molecule has 122 valence electrons. The van der Waals surface area contributed by atoms with E-state index in [1.165, 1.54) is 27.8 Å². The van der Waals surface area contributed by atoms with Gasteiger partial charge in [-0.2, -0.15) is 0 Å². The molecule has 0 amide bonds. The molecule has 1 aliphatic rings. The minimum atomic E-state index is -0.481. The lowest BCUT2D eigenvalue weighted by molar-refractivity contribution is 0.568. The monoisotopic (exact) mass is 323 g/mol. The summed E-state index contributed by atoms with van der Waals surface area (Å²) in [6, 6.07) is 29.4. The Morgan fingerprint density at radius 1 is 0.680 bits per heavy atom. The van der Waals surface area contributed by atoms with Crippen molar-refractivity contribution in [1.29, 1.82) is 0 Å². The maximum atomic E-state index is 6.83. The molecule has 25 heavy (non-hydrogen) atoms. The quantitative estimate of drug-likeness (QED) is 0.672. The molecule has 0 spiro atoms. The molecule has 0 heterocycles. The number of benzene rings is 3. The Bertz CT molecular complexity index is 923. The molecule has 4 rings (SSSR count). The third-order valence-electron chi connectivity index (χ3n) is 4.84. The predicted octanol–water partition coefficient (Wildman–Crippen LogP) is 5.55. The minimum absolute atomic E-state index is 0.481. The van der Waals surface area contributed by atoms with Gasteiger partial charge in [-0.3, -0.25) is 0 Å². The summed E-state index contributed by atoms with van der Waals surface area (Å²) in [4.78, 5) is 0. The fourth-order valence-electron chi connectivity index (χ4n) is 3.46. The van der Waals surface area contributed by atoms with Crippen molar-refractivity contribution in [3.63, 3.8) is 0 Å². The molecule has 1 nitrogen and oxygen atoms in total. The number of rotatable bonds is 3. The summed E-state index contributed by atoms with van der Waals surface area (Å²) in [7, 11) is 0. The lowest BCUT2D eigenvalue weighted by Crippen LogP contribution is -2.35. The van der Waals surface area contributed by atoms with Crippen LogP contribution in [0.4, 0.5) is 0 Å². The zero-order valence-corrected chi connectivity index (χ0v) is 14.1. The van der Waals surface area contributed by atoms with E-state index in [9.17, 15) is 0 Å². The molecule has 1 aliphatic carbocycles. The van der Waals surface area contributed by atoms with E-state index < -0.39 is 5.54 Å². The normalized spacial score (nSPS) is 19.5. The molecular weight excluding hydrogens is 302 g/mol. The average Bonchev–Trinajstić information content (AvgIpc) is 2.70. The molecular formula is C24H21N. The van der Waals surface area contributed by atoms with E-state index in [-0.39, 0.29) is 0 Å². The molecule has 3 aromatic carbocycles. The van der Waals surface area contributed by atoms with Gasteiger partial charge >= 0.3 is 0 Å². The second-order valence-corrected chi connectivity index (χ2v) is 6.51. The number of hydrogen-bond donors (Lipinski definition) is 1. The second-order valence-electron chi connectivity index (χ2n) is 6.51. The Morgan fingerprint density at radius 3 is 1.92 bits per heavy atom. The molecule has 1 atom stereocenters. The van der Waals surface area contributed by atoms with E-state index >= 15 is 0 Å². The number of nitrogens with two attached hydrogens (primary N) is 1. The van der Waals surface area contributed by atoms with Crippen LogP contribution < -0.4 is 5.73 Å². The van der Waals surface area contributed by atoms with Gasteiger partial charge in [-0.25, -0.2) is 0 Å². The topological polar surface area (TPSA) is 26.0 Å². The molecule has 1 heteroatoms. The molecule has 1 unspecified atom stereocenters. The van der Waals surface area contributed by atoms with Gasteiger partial charge in [0.05, 0.1) is 5.54 Å². The van der Waals surface area contributed by atoms with Gasteiger partial charge < -0.3 is 5.73 Å². The van der Waals surface area contributed by atoms with Crippen molar-refractivity contribution in [3.05, 3.63) is 114 Å². The lowest BCUT2D eigenvalue weighted by atomic mass is 9.79. The molecule has 0 bridgehead atoms. The SMILES string of the molecule is NC1(c2ccccc2-c2ccccc2)C=CC(c2ccccc2)=CC1. The molecule has 0 fully saturated rings. The molecule has 0 radical (unpaired) electrons. The third kappa shape index (κ3) is 3.07. The highest BCUT2D eigenvalue weighted by Crippen LogP contribution is 2.37. The number of allylic oxidation sites excluding steroid dienone is 2. The largest absolute Gasteiger partial charge is 0.318 e. The molecule has 2 N–H and O–H groups in total. The predicted molar refractivity (Wildman–Crippen MR) is 106 cm³/mol. The van der Waals surface area contributed by atoms with Crippen molar-refractivity contribution in [2.75, 3.05) is 0 Å². The van der Waals surface area contributed by atoms with E-state index in [1.54, 1.807) is 0 Å².